The third-order valence-corrected chi connectivity index (χ3v) is 3.74. The Hall–Kier alpha value is -3.62. The Morgan fingerprint density at radius 1 is 1.11 bits per heavy atom. The highest BCUT2D eigenvalue weighted by atomic mass is 16.6. The third-order valence-electron chi connectivity index (χ3n) is 3.74. The number of tetrazole rings is 1. The average Bonchev–Trinajstić information content (AvgIpc) is 3.16. The smallest absolute Gasteiger partial charge is 0.414 e. The lowest BCUT2D eigenvalue weighted by molar-refractivity contribution is 0.0589. The summed E-state index contributed by atoms with van der Waals surface area (Å²) < 4.78 is 11.3. The molecule has 0 unspecified atom stereocenters. The number of hydrogen-bond acceptors (Lipinski definition) is 7. The minimum Gasteiger partial charge on any atom is -0.457 e. The molecule has 1 aromatic heterocycles. The summed E-state index contributed by atoms with van der Waals surface area (Å²) >= 11 is 0. The Balaban J connectivity index is 1.76. The van der Waals surface area contributed by atoms with Crippen LogP contribution in [-0.2, 0) is 4.74 Å². The van der Waals surface area contributed by atoms with Gasteiger partial charge < -0.3 is 15.2 Å². The molecule has 146 valence electrons. The molecule has 9 nitrogen and oxygen atoms in total. The molecule has 0 aliphatic carbocycles. The van der Waals surface area contributed by atoms with Crippen molar-refractivity contribution in [3.05, 3.63) is 42.5 Å². The molecule has 9 heteroatoms. The van der Waals surface area contributed by atoms with Gasteiger partial charge in [0.2, 0.25) is 0 Å². The van der Waals surface area contributed by atoms with Gasteiger partial charge in [-0.05, 0) is 67.6 Å². The summed E-state index contributed by atoms with van der Waals surface area (Å²) in [5.41, 5.74) is 7.20. The fourth-order valence-electron chi connectivity index (χ4n) is 2.40. The molecule has 0 aliphatic heterocycles. The van der Waals surface area contributed by atoms with Crippen LogP contribution in [0.25, 0.3) is 11.4 Å². The van der Waals surface area contributed by atoms with Gasteiger partial charge in [0.05, 0.1) is 11.4 Å². The van der Waals surface area contributed by atoms with Crippen molar-refractivity contribution < 1.29 is 14.3 Å². The van der Waals surface area contributed by atoms with E-state index in [4.69, 9.17) is 15.2 Å². The lowest BCUT2D eigenvalue weighted by Crippen LogP contribution is -2.34. The summed E-state index contributed by atoms with van der Waals surface area (Å²) in [6.45, 7) is 5.42. The minimum atomic E-state index is -0.602. The highest BCUT2D eigenvalue weighted by Crippen LogP contribution is 2.31. The highest BCUT2D eigenvalue weighted by Gasteiger charge is 2.22. The van der Waals surface area contributed by atoms with Gasteiger partial charge >= 0.3 is 6.09 Å². The van der Waals surface area contributed by atoms with E-state index in [2.05, 4.69) is 20.6 Å². The van der Waals surface area contributed by atoms with Gasteiger partial charge in [-0.3, -0.25) is 4.90 Å². The van der Waals surface area contributed by atoms with Crippen LogP contribution in [-0.4, -0.2) is 39.4 Å². The van der Waals surface area contributed by atoms with Gasteiger partial charge in [-0.15, -0.1) is 5.10 Å². The summed E-state index contributed by atoms with van der Waals surface area (Å²) in [6.07, 6.45) is -0.499. The predicted molar refractivity (Wildman–Crippen MR) is 105 cm³/mol. The Kier molecular flexibility index (Phi) is 5.16. The number of ether oxygens (including phenoxy) is 2. The zero-order valence-corrected chi connectivity index (χ0v) is 16.1. The number of nitrogens with one attached hydrogen (secondary N) is 1. The van der Waals surface area contributed by atoms with E-state index in [1.165, 1.54) is 4.90 Å². The molecule has 0 saturated heterocycles. The van der Waals surface area contributed by atoms with E-state index in [1.54, 1.807) is 58.2 Å². The molecule has 1 heterocycles. The first-order valence-corrected chi connectivity index (χ1v) is 8.61. The third kappa shape index (κ3) is 4.56. The van der Waals surface area contributed by atoms with E-state index in [0.29, 0.717) is 28.7 Å². The number of aromatic nitrogens is 4. The van der Waals surface area contributed by atoms with Crippen LogP contribution in [0.1, 0.15) is 20.8 Å². The number of carbonyl (C=O) groups is 1. The van der Waals surface area contributed by atoms with Gasteiger partial charge in [0.25, 0.3) is 0 Å². The number of hydrogen-bond donors (Lipinski definition) is 2. The largest absolute Gasteiger partial charge is 0.457 e. The van der Waals surface area contributed by atoms with Crippen molar-refractivity contribution >= 4 is 17.5 Å². The zero-order chi connectivity index (χ0) is 20.3. The fraction of sp³-hybridized carbons (Fsp3) is 0.263. The maximum Gasteiger partial charge on any atom is 0.414 e. The number of carbonyl (C=O) groups excluding carboxylic acids is 1. The summed E-state index contributed by atoms with van der Waals surface area (Å²) in [6, 6.07) is 12.4. The predicted octanol–water partition coefficient (Wildman–Crippen LogP) is 3.61. The van der Waals surface area contributed by atoms with E-state index >= 15 is 0 Å². The molecule has 3 rings (SSSR count). The van der Waals surface area contributed by atoms with Crippen LogP contribution in [0.2, 0.25) is 0 Å². The highest BCUT2D eigenvalue weighted by molar-refractivity contribution is 5.91. The number of anilines is 2. The molecule has 0 bridgehead atoms. The topological polar surface area (TPSA) is 119 Å². The molecule has 2 aromatic carbocycles. The molecule has 0 spiro atoms. The number of rotatable bonds is 4. The van der Waals surface area contributed by atoms with E-state index in [9.17, 15) is 4.79 Å². The second-order valence-electron chi connectivity index (χ2n) is 7.14. The normalized spacial score (nSPS) is 11.1. The average molecular weight is 382 g/mol. The van der Waals surface area contributed by atoms with Crippen molar-refractivity contribution in [2.24, 2.45) is 0 Å². The summed E-state index contributed by atoms with van der Waals surface area (Å²) in [4.78, 5) is 13.7. The number of benzene rings is 2. The van der Waals surface area contributed by atoms with Gasteiger partial charge in [-0.2, -0.15) is 0 Å². The van der Waals surface area contributed by atoms with Crippen LogP contribution in [0.3, 0.4) is 0 Å². The Morgan fingerprint density at radius 2 is 1.79 bits per heavy atom. The lowest BCUT2D eigenvalue weighted by Gasteiger charge is -2.25. The van der Waals surface area contributed by atoms with Crippen LogP contribution in [0, 0.1) is 0 Å². The number of nitrogens with zero attached hydrogens (tertiary/aromatic N) is 4. The molecule has 0 fully saturated rings. The van der Waals surface area contributed by atoms with Crippen molar-refractivity contribution in [1.29, 1.82) is 0 Å². The van der Waals surface area contributed by atoms with Crippen molar-refractivity contribution in [2.75, 3.05) is 17.7 Å². The van der Waals surface area contributed by atoms with Crippen molar-refractivity contribution in [3.63, 3.8) is 0 Å². The number of H-pyrrole nitrogens is 1. The standard InChI is InChI=1S/C19H22N6O3/c1-19(2,3)28-18(26)25(4)16-11-14(9-10-15(16)20)27-13-7-5-12(6-8-13)17-21-23-24-22-17/h5-11H,20H2,1-4H3,(H,21,22,23,24). The van der Waals surface area contributed by atoms with Crippen LogP contribution < -0.4 is 15.4 Å². The molecule has 3 aromatic rings. The van der Waals surface area contributed by atoms with Crippen LogP contribution >= 0.6 is 0 Å². The van der Waals surface area contributed by atoms with E-state index in [0.717, 1.165) is 5.56 Å². The quantitative estimate of drug-likeness (QED) is 0.661. The SMILES string of the molecule is CN(C(=O)OC(C)(C)C)c1cc(Oc2ccc(-c3nnn[nH]3)cc2)ccc1N. The molecule has 28 heavy (non-hydrogen) atoms. The maximum atomic E-state index is 12.3. The van der Waals surface area contributed by atoms with Crippen molar-refractivity contribution in [2.45, 2.75) is 26.4 Å². The first-order chi connectivity index (χ1) is 13.2. The Labute approximate surface area is 162 Å². The van der Waals surface area contributed by atoms with Gasteiger partial charge in [0.15, 0.2) is 5.82 Å². The molecule has 0 radical (unpaired) electrons. The fourth-order valence-corrected chi connectivity index (χ4v) is 2.40. The monoisotopic (exact) mass is 382 g/mol. The number of nitrogen functional groups attached to an aromatic ring is 1. The molecule has 0 saturated carbocycles. The molecule has 0 aliphatic rings. The molecule has 3 N–H and O–H groups in total. The number of nitrogens with two attached hydrogens (primary N) is 1. The second kappa shape index (κ2) is 7.55. The van der Waals surface area contributed by atoms with Crippen LogP contribution in [0.5, 0.6) is 11.5 Å². The minimum absolute atomic E-state index is 0.439. The van der Waals surface area contributed by atoms with Gasteiger partial charge in [0, 0.05) is 18.7 Å². The van der Waals surface area contributed by atoms with Crippen LogP contribution in [0.15, 0.2) is 42.5 Å². The molecular formula is C19H22N6O3. The van der Waals surface area contributed by atoms with E-state index < -0.39 is 11.7 Å². The second-order valence-corrected chi connectivity index (χ2v) is 7.14. The summed E-state index contributed by atoms with van der Waals surface area (Å²) in [5.74, 6) is 1.72. The van der Waals surface area contributed by atoms with Gasteiger partial charge in [0.1, 0.15) is 17.1 Å². The van der Waals surface area contributed by atoms with Gasteiger partial charge in [-0.25, -0.2) is 9.89 Å². The maximum absolute atomic E-state index is 12.3. The van der Waals surface area contributed by atoms with Crippen LogP contribution in [0.4, 0.5) is 16.2 Å². The Bertz CT molecular complexity index is 949. The van der Waals surface area contributed by atoms with Crippen molar-refractivity contribution in [1.82, 2.24) is 20.6 Å². The Morgan fingerprint density at radius 3 is 2.39 bits per heavy atom. The number of aromatic amines is 1. The number of amides is 1. The molecular weight excluding hydrogens is 360 g/mol. The zero-order valence-electron chi connectivity index (χ0n) is 16.1. The summed E-state index contributed by atoms with van der Waals surface area (Å²) in [7, 11) is 1.60. The first kappa shape index (κ1) is 19.2. The van der Waals surface area contributed by atoms with Gasteiger partial charge in [-0.1, -0.05) is 0 Å². The molecule has 0 atom stereocenters. The lowest BCUT2D eigenvalue weighted by atomic mass is 10.2. The summed E-state index contributed by atoms with van der Waals surface area (Å²) in [5, 5.41) is 13.7. The van der Waals surface area contributed by atoms with E-state index in [1.807, 2.05) is 12.1 Å². The van der Waals surface area contributed by atoms with Crippen molar-refractivity contribution in [3.8, 4) is 22.9 Å². The molecule has 1 amide bonds. The van der Waals surface area contributed by atoms with E-state index in [-0.39, 0.29) is 0 Å². The first-order valence-electron chi connectivity index (χ1n) is 8.61.